The maximum absolute atomic E-state index is 11.9. The number of nitrogens with zero attached hydrogens (tertiary/aromatic N) is 1. The third kappa shape index (κ3) is 3.79. The highest BCUT2D eigenvalue weighted by molar-refractivity contribution is 7.89. The largest absolute Gasteiger partial charge is 0.332 e. The van der Waals surface area contributed by atoms with Crippen molar-refractivity contribution in [1.82, 2.24) is 14.7 Å². The number of aromatic amines is 1. The summed E-state index contributed by atoms with van der Waals surface area (Å²) < 4.78 is 26.3. The summed E-state index contributed by atoms with van der Waals surface area (Å²) in [4.78, 5) is 6.73. The normalized spacial score (nSPS) is 12.9. The molecule has 0 aliphatic heterocycles. The molecule has 0 aliphatic carbocycles. The molecule has 1 aromatic rings. The number of aryl methyl sites for hydroxylation is 1. The van der Waals surface area contributed by atoms with Gasteiger partial charge in [0.2, 0.25) is 0 Å². The van der Waals surface area contributed by atoms with Crippen LogP contribution >= 0.6 is 0 Å². The van der Waals surface area contributed by atoms with Gasteiger partial charge in [-0.2, -0.15) is 0 Å². The van der Waals surface area contributed by atoms with Crippen LogP contribution in [0.5, 0.6) is 0 Å². The van der Waals surface area contributed by atoms with Crippen molar-refractivity contribution in [2.75, 3.05) is 13.1 Å². The van der Waals surface area contributed by atoms with Crippen molar-refractivity contribution in [3.8, 4) is 0 Å². The molecule has 1 aromatic heterocycles. The third-order valence-electron chi connectivity index (χ3n) is 2.52. The first-order valence-electron chi connectivity index (χ1n) is 5.54. The summed E-state index contributed by atoms with van der Waals surface area (Å²) in [6.45, 7) is 6.42. The van der Waals surface area contributed by atoms with E-state index in [1.807, 2.05) is 20.8 Å². The Balaban J connectivity index is 2.76. The van der Waals surface area contributed by atoms with Crippen LogP contribution in [-0.2, 0) is 16.4 Å². The summed E-state index contributed by atoms with van der Waals surface area (Å²) in [6.07, 6.45) is 2.00. The van der Waals surface area contributed by atoms with Gasteiger partial charge in [-0.1, -0.05) is 20.8 Å². The van der Waals surface area contributed by atoms with Gasteiger partial charge >= 0.3 is 0 Å². The molecule has 1 rings (SSSR count). The molecule has 0 radical (unpaired) electrons. The fraction of sp³-hybridized carbons (Fsp3) is 0.700. The van der Waals surface area contributed by atoms with Crippen LogP contribution in [0.15, 0.2) is 11.2 Å². The van der Waals surface area contributed by atoms with Gasteiger partial charge in [0.25, 0.3) is 10.0 Å². The molecule has 0 fully saturated rings. The average molecular weight is 260 g/mol. The number of aromatic nitrogens is 2. The van der Waals surface area contributed by atoms with Crippen LogP contribution in [0.2, 0.25) is 0 Å². The first-order chi connectivity index (χ1) is 7.80. The maximum atomic E-state index is 11.9. The Morgan fingerprint density at radius 2 is 2.18 bits per heavy atom. The van der Waals surface area contributed by atoms with E-state index in [-0.39, 0.29) is 10.4 Å². The molecule has 1 heterocycles. The van der Waals surface area contributed by atoms with Gasteiger partial charge in [-0.05, 0) is 12.0 Å². The second-order valence-electron chi connectivity index (χ2n) is 4.74. The van der Waals surface area contributed by atoms with Gasteiger partial charge in [0.05, 0.1) is 6.20 Å². The van der Waals surface area contributed by atoms with Crippen LogP contribution in [0.3, 0.4) is 0 Å². The Bertz CT molecular complexity index is 464. The number of rotatable bonds is 6. The van der Waals surface area contributed by atoms with Crippen molar-refractivity contribution in [2.24, 2.45) is 11.1 Å². The first-order valence-corrected chi connectivity index (χ1v) is 7.02. The minimum Gasteiger partial charge on any atom is -0.332 e. The summed E-state index contributed by atoms with van der Waals surface area (Å²) in [6, 6.07) is 0. The lowest BCUT2D eigenvalue weighted by Crippen LogP contribution is -2.38. The van der Waals surface area contributed by atoms with Gasteiger partial charge in [-0.15, -0.1) is 0 Å². The molecule has 0 aliphatic rings. The van der Waals surface area contributed by atoms with E-state index in [0.717, 1.165) is 0 Å². The van der Waals surface area contributed by atoms with Crippen molar-refractivity contribution in [2.45, 2.75) is 32.2 Å². The van der Waals surface area contributed by atoms with Gasteiger partial charge in [-0.25, -0.2) is 18.1 Å². The number of hydrogen-bond acceptors (Lipinski definition) is 4. The monoisotopic (exact) mass is 260 g/mol. The van der Waals surface area contributed by atoms with E-state index in [2.05, 4.69) is 14.7 Å². The number of sulfonamides is 1. The fourth-order valence-electron chi connectivity index (χ4n) is 1.10. The van der Waals surface area contributed by atoms with Crippen LogP contribution in [-0.4, -0.2) is 31.5 Å². The Hall–Kier alpha value is -0.920. The standard InChI is InChI=1S/C10H20N4O2S/c1-4-8-12-5-9(14-8)17(15,16)13-7-10(2,3)6-11/h5,13H,4,6-7,11H2,1-3H3,(H,12,14). The minimum absolute atomic E-state index is 0.0992. The topological polar surface area (TPSA) is 101 Å². The number of nitrogens with two attached hydrogens (primary N) is 1. The molecular formula is C10H20N4O2S. The molecule has 0 aromatic carbocycles. The van der Waals surface area contributed by atoms with Crippen molar-refractivity contribution in [1.29, 1.82) is 0 Å². The Labute approximate surface area is 102 Å². The van der Waals surface area contributed by atoms with E-state index in [1.54, 1.807) is 0 Å². The van der Waals surface area contributed by atoms with Crippen LogP contribution in [0.1, 0.15) is 26.6 Å². The second-order valence-corrected chi connectivity index (χ2v) is 6.48. The zero-order chi connectivity index (χ0) is 13.1. The molecule has 4 N–H and O–H groups in total. The molecule has 0 saturated heterocycles. The zero-order valence-corrected chi connectivity index (χ0v) is 11.3. The molecule has 0 bridgehead atoms. The molecule has 7 heteroatoms. The van der Waals surface area contributed by atoms with Gasteiger partial charge in [-0.3, -0.25) is 0 Å². The Morgan fingerprint density at radius 1 is 1.53 bits per heavy atom. The zero-order valence-electron chi connectivity index (χ0n) is 10.4. The Morgan fingerprint density at radius 3 is 2.65 bits per heavy atom. The molecule has 98 valence electrons. The molecular weight excluding hydrogens is 240 g/mol. The smallest absolute Gasteiger partial charge is 0.257 e. The highest BCUT2D eigenvalue weighted by atomic mass is 32.2. The quantitative estimate of drug-likeness (QED) is 0.681. The summed E-state index contributed by atoms with van der Waals surface area (Å²) in [7, 11) is -3.52. The summed E-state index contributed by atoms with van der Waals surface area (Å²) in [5.74, 6) is 0.656. The van der Waals surface area contributed by atoms with Crippen LogP contribution in [0.4, 0.5) is 0 Å². The third-order valence-corrected chi connectivity index (χ3v) is 3.83. The number of imidazole rings is 1. The lowest BCUT2D eigenvalue weighted by atomic mass is 9.95. The maximum Gasteiger partial charge on any atom is 0.257 e. The molecule has 6 nitrogen and oxygen atoms in total. The van der Waals surface area contributed by atoms with E-state index in [0.29, 0.717) is 25.3 Å². The second kappa shape index (κ2) is 5.16. The molecule has 0 amide bonds. The van der Waals surface area contributed by atoms with E-state index >= 15 is 0 Å². The van der Waals surface area contributed by atoms with Crippen LogP contribution < -0.4 is 10.5 Å². The van der Waals surface area contributed by atoms with Gasteiger partial charge in [0, 0.05) is 13.0 Å². The van der Waals surface area contributed by atoms with Crippen molar-refractivity contribution < 1.29 is 8.42 Å². The average Bonchev–Trinajstić information content (AvgIpc) is 2.76. The summed E-state index contributed by atoms with van der Waals surface area (Å²) in [5.41, 5.74) is 5.28. The van der Waals surface area contributed by atoms with Gasteiger partial charge in [0.15, 0.2) is 5.03 Å². The van der Waals surface area contributed by atoms with Crippen molar-refractivity contribution >= 4 is 10.0 Å². The first kappa shape index (κ1) is 14.1. The highest BCUT2D eigenvalue weighted by Crippen LogP contribution is 2.13. The molecule has 17 heavy (non-hydrogen) atoms. The van der Waals surface area contributed by atoms with Crippen LogP contribution in [0.25, 0.3) is 0 Å². The van der Waals surface area contributed by atoms with E-state index in [1.165, 1.54) is 6.20 Å². The van der Waals surface area contributed by atoms with Crippen LogP contribution in [0, 0.1) is 5.41 Å². The summed E-state index contributed by atoms with van der Waals surface area (Å²) >= 11 is 0. The number of hydrogen-bond donors (Lipinski definition) is 3. The van der Waals surface area contributed by atoms with Gasteiger partial charge in [0.1, 0.15) is 5.82 Å². The van der Waals surface area contributed by atoms with Crippen molar-refractivity contribution in [3.63, 3.8) is 0 Å². The lowest BCUT2D eigenvalue weighted by molar-refractivity contribution is 0.376. The molecule has 0 atom stereocenters. The van der Waals surface area contributed by atoms with E-state index in [9.17, 15) is 8.42 Å². The number of H-pyrrole nitrogens is 1. The highest BCUT2D eigenvalue weighted by Gasteiger charge is 2.22. The minimum atomic E-state index is -3.52. The molecule has 0 saturated carbocycles. The summed E-state index contributed by atoms with van der Waals surface area (Å²) in [5, 5.41) is 0.0992. The van der Waals surface area contributed by atoms with E-state index < -0.39 is 10.0 Å². The van der Waals surface area contributed by atoms with Gasteiger partial charge < -0.3 is 10.7 Å². The SMILES string of the molecule is CCc1ncc(S(=O)(=O)NCC(C)(C)CN)[nH]1. The Kier molecular flexibility index (Phi) is 4.29. The lowest BCUT2D eigenvalue weighted by Gasteiger charge is -2.22. The molecule has 0 unspecified atom stereocenters. The molecule has 0 spiro atoms. The fourth-order valence-corrected chi connectivity index (χ4v) is 2.28. The van der Waals surface area contributed by atoms with E-state index in [4.69, 9.17) is 5.73 Å². The van der Waals surface area contributed by atoms with Crippen molar-refractivity contribution in [3.05, 3.63) is 12.0 Å². The predicted molar refractivity (Wildman–Crippen MR) is 66.0 cm³/mol. The number of nitrogens with one attached hydrogen (secondary N) is 2. The predicted octanol–water partition coefficient (Wildman–Crippen LogP) is 0.235.